The fourth-order valence-corrected chi connectivity index (χ4v) is 2.54. The zero-order chi connectivity index (χ0) is 12.0. The van der Waals surface area contributed by atoms with E-state index in [1.54, 1.807) is 0 Å². The van der Waals surface area contributed by atoms with Crippen LogP contribution < -0.4 is 4.90 Å². The number of anilines is 1. The Bertz CT molecular complexity index is 403. The molecule has 1 saturated carbocycles. The summed E-state index contributed by atoms with van der Waals surface area (Å²) < 4.78 is 14.2. The van der Waals surface area contributed by atoms with Crippen LogP contribution in [0.1, 0.15) is 38.2 Å². The number of hydrogen-bond acceptors (Lipinski definition) is 2. The van der Waals surface area contributed by atoms with Crippen LogP contribution >= 0.6 is 0 Å². The van der Waals surface area contributed by atoms with Crippen LogP contribution in [0.15, 0.2) is 18.3 Å². The van der Waals surface area contributed by atoms with Gasteiger partial charge in [0, 0.05) is 6.20 Å². The first-order chi connectivity index (χ1) is 8.08. The Morgan fingerprint density at radius 3 is 2.53 bits per heavy atom. The van der Waals surface area contributed by atoms with Gasteiger partial charge in [0.1, 0.15) is 11.5 Å². The van der Waals surface area contributed by atoms with Crippen molar-refractivity contribution < 1.29 is 4.39 Å². The number of alkyl halides is 1. The van der Waals surface area contributed by atoms with Gasteiger partial charge in [-0.3, -0.25) is 0 Å². The van der Waals surface area contributed by atoms with E-state index >= 15 is 0 Å². The summed E-state index contributed by atoms with van der Waals surface area (Å²) in [5.41, 5.74) is 0.321. The number of pyridine rings is 1. The first-order valence-electron chi connectivity index (χ1n) is 6.48. The van der Waals surface area contributed by atoms with Crippen LogP contribution in [-0.2, 0) is 0 Å². The molecule has 17 heavy (non-hydrogen) atoms. The summed E-state index contributed by atoms with van der Waals surface area (Å²) >= 11 is 0. The highest BCUT2D eigenvalue weighted by atomic mass is 19.1. The Hall–Kier alpha value is -1.12. The van der Waals surface area contributed by atoms with Gasteiger partial charge >= 0.3 is 0 Å². The summed E-state index contributed by atoms with van der Waals surface area (Å²) in [5, 5.41) is 0. The van der Waals surface area contributed by atoms with Crippen LogP contribution in [-0.4, -0.2) is 23.7 Å². The van der Waals surface area contributed by atoms with E-state index in [1.165, 1.54) is 5.56 Å². The van der Waals surface area contributed by atoms with Gasteiger partial charge in [-0.15, -0.1) is 0 Å². The third-order valence-electron chi connectivity index (χ3n) is 3.98. The van der Waals surface area contributed by atoms with Crippen LogP contribution in [0.25, 0.3) is 0 Å². The third-order valence-corrected chi connectivity index (χ3v) is 3.98. The second-order valence-corrected chi connectivity index (χ2v) is 5.77. The largest absolute Gasteiger partial charge is 0.350 e. The normalized spacial score (nSPS) is 22.7. The number of rotatable bonds is 3. The van der Waals surface area contributed by atoms with E-state index in [2.05, 4.69) is 24.9 Å². The van der Waals surface area contributed by atoms with Gasteiger partial charge in [-0.2, -0.15) is 0 Å². The average molecular weight is 234 g/mol. The van der Waals surface area contributed by atoms with Gasteiger partial charge in [0.05, 0.1) is 13.1 Å². The van der Waals surface area contributed by atoms with E-state index in [0.717, 1.165) is 18.7 Å². The maximum absolute atomic E-state index is 14.2. The van der Waals surface area contributed by atoms with Gasteiger partial charge in [0.15, 0.2) is 0 Å². The van der Waals surface area contributed by atoms with Crippen LogP contribution in [0, 0.1) is 5.92 Å². The molecule has 1 aliphatic heterocycles. The van der Waals surface area contributed by atoms with Crippen molar-refractivity contribution >= 4 is 5.82 Å². The van der Waals surface area contributed by atoms with Crippen molar-refractivity contribution in [2.45, 2.75) is 38.3 Å². The molecule has 2 heterocycles. The Morgan fingerprint density at radius 2 is 2.06 bits per heavy atom. The third kappa shape index (κ3) is 1.92. The van der Waals surface area contributed by atoms with E-state index in [1.807, 2.05) is 17.2 Å². The molecule has 0 unspecified atom stereocenters. The van der Waals surface area contributed by atoms with Crippen LogP contribution in [0.5, 0.6) is 0 Å². The zero-order valence-electron chi connectivity index (χ0n) is 10.5. The molecule has 0 aromatic carbocycles. The lowest BCUT2D eigenvalue weighted by molar-refractivity contribution is 0.0925. The van der Waals surface area contributed by atoms with Gasteiger partial charge in [-0.05, 0) is 36.3 Å². The molecule has 2 aliphatic rings. The summed E-state index contributed by atoms with van der Waals surface area (Å²) in [6.07, 6.45) is 4.06. The summed E-state index contributed by atoms with van der Waals surface area (Å²) in [5.74, 6) is 1.75. The molecule has 3 heteroatoms. The van der Waals surface area contributed by atoms with Crippen molar-refractivity contribution in [2.24, 2.45) is 5.92 Å². The molecule has 1 aromatic rings. The summed E-state index contributed by atoms with van der Waals surface area (Å²) in [7, 11) is 0. The lowest BCUT2D eigenvalue weighted by Crippen LogP contribution is -2.60. The number of aromatic nitrogens is 1. The summed E-state index contributed by atoms with van der Waals surface area (Å²) in [6.45, 7) is 5.37. The van der Waals surface area contributed by atoms with Crippen molar-refractivity contribution in [3.05, 3.63) is 23.9 Å². The van der Waals surface area contributed by atoms with E-state index < -0.39 is 5.67 Å². The molecule has 2 fully saturated rings. The van der Waals surface area contributed by atoms with Crippen molar-refractivity contribution in [1.82, 2.24) is 4.98 Å². The standard InChI is InChI=1S/C14H19FN2/c1-10(2)11-3-6-13(16-7-11)17-8-14(15,9-17)12-4-5-12/h3,6-7,10,12H,4-5,8-9H2,1-2H3. The monoisotopic (exact) mass is 234 g/mol. The Balaban J connectivity index is 1.66. The molecule has 0 spiro atoms. The molecule has 92 valence electrons. The quantitative estimate of drug-likeness (QED) is 0.798. The topological polar surface area (TPSA) is 16.1 Å². The highest BCUT2D eigenvalue weighted by Gasteiger charge is 2.54. The molecule has 0 bridgehead atoms. The second-order valence-electron chi connectivity index (χ2n) is 5.77. The molecule has 0 radical (unpaired) electrons. The minimum absolute atomic E-state index is 0.327. The number of nitrogens with zero attached hydrogens (tertiary/aromatic N) is 2. The van der Waals surface area contributed by atoms with E-state index in [9.17, 15) is 4.39 Å². The molecule has 0 amide bonds. The number of halogens is 1. The predicted molar refractivity (Wildman–Crippen MR) is 67.1 cm³/mol. The maximum Gasteiger partial charge on any atom is 0.148 e. The second kappa shape index (κ2) is 3.69. The van der Waals surface area contributed by atoms with Crippen LogP contribution in [0.3, 0.4) is 0 Å². The van der Waals surface area contributed by atoms with Gasteiger partial charge in [0.25, 0.3) is 0 Å². The van der Waals surface area contributed by atoms with Gasteiger partial charge in [-0.1, -0.05) is 19.9 Å². The minimum atomic E-state index is -0.918. The molecule has 0 N–H and O–H groups in total. The maximum atomic E-state index is 14.2. The average Bonchev–Trinajstić information content (AvgIpc) is 3.09. The van der Waals surface area contributed by atoms with Crippen LogP contribution in [0.2, 0.25) is 0 Å². The molecule has 0 atom stereocenters. The predicted octanol–water partition coefficient (Wildman–Crippen LogP) is 3.14. The van der Waals surface area contributed by atoms with Crippen molar-refractivity contribution in [1.29, 1.82) is 0 Å². The first kappa shape index (κ1) is 11.0. The van der Waals surface area contributed by atoms with Gasteiger partial charge in [-0.25, -0.2) is 9.37 Å². The molecule has 1 aliphatic carbocycles. The Labute approximate surface area is 102 Å². The van der Waals surface area contributed by atoms with Gasteiger partial charge < -0.3 is 4.90 Å². The van der Waals surface area contributed by atoms with E-state index in [0.29, 0.717) is 24.9 Å². The molecular weight excluding hydrogens is 215 g/mol. The summed E-state index contributed by atoms with van der Waals surface area (Å²) in [4.78, 5) is 6.47. The SMILES string of the molecule is CC(C)c1ccc(N2CC(F)(C3CC3)C2)nc1. The summed E-state index contributed by atoms with van der Waals surface area (Å²) in [6, 6.07) is 4.12. The lowest BCUT2D eigenvalue weighted by atomic mass is 9.91. The molecule has 3 rings (SSSR count). The van der Waals surface area contributed by atoms with Crippen molar-refractivity contribution in [3.8, 4) is 0 Å². The fourth-order valence-electron chi connectivity index (χ4n) is 2.54. The molecule has 1 saturated heterocycles. The Kier molecular flexibility index (Phi) is 2.39. The molecule has 2 nitrogen and oxygen atoms in total. The first-order valence-corrected chi connectivity index (χ1v) is 6.48. The highest BCUT2D eigenvalue weighted by molar-refractivity contribution is 5.45. The van der Waals surface area contributed by atoms with Crippen molar-refractivity contribution in [3.63, 3.8) is 0 Å². The molecular formula is C14H19FN2. The fraction of sp³-hybridized carbons (Fsp3) is 0.643. The smallest absolute Gasteiger partial charge is 0.148 e. The van der Waals surface area contributed by atoms with Crippen LogP contribution in [0.4, 0.5) is 10.2 Å². The highest BCUT2D eigenvalue weighted by Crippen LogP contribution is 2.47. The number of hydrogen-bond donors (Lipinski definition) is 0. The molecule has 1 aromatic heterocycles. The lowest BCUT2D eigenvalue weighted by Gasteiger charge is -2.45. The van der Waals surface area contributed by atoms with Gasteiger partial charge in [0.2, 0.25) is 0 Å². The van der Waals surface area contributed by atoms with E-state index in [4.69, 9.17) is 0 Å². The van der Waals surface area contributed by atoms with Crippen molar-refractivity contribution in [2.75, 3.05) is 18.0 Å². The minimum Gasteiger partial charge on any atom is -0.350 e. The Morgan fingerprint density at radius 1 is 1.35 bits per heavy atom. The van der Waals surface area contributed by atoms with E-state index in [-0.39, 0.29) is 0 Å². The zero-order valence-corrected chi connectivity index (χ0v) is 10.5.